The second-order valence-electron chi connectivity index (χ2n) is 7.02. The standard InChI is InChI=1S/C19H20F3N5O3/c1-9(2)30-18(29)15-10(3)16(24-11(15)4)17(28)23-7-14-26-25-13-6-5-12(8-27(13)14)19(20,21)22/h5-6,8-9,24H,7H2,1-4H3,(H,23,28). The maximum absolute atomic E-state index is 13.0. The normalized spacial score (nSPS) is 11.9. The molecule has 0 aromatic carbocycles. The fraction of sp³-hybridized carbons (Fsp3) is 0.368. The topological polar surface area (TPSA) is 101 Å². The fourth-order valence-corrected chi connectivity index (χ4v) is 3.03. The summed E-state index contributed by atoms with van der Waals surface area (Å²) in [5.74, 6) is -0.953. The van der Waals surface area contributed by atoms with Crippen LogP contribution in [0.1, 0.15) is 57.3 Å². The van der Waals surface area contributed by atoms with Crippen LogP contribution in [0.25, 0.3) is 5.65 Å². The van der Waals surface area contributed by atoms with E-state index in [0.717, 1.165) is 12.3 Å². The number of aromatic amines is 1. The lowest BCUT2D eigenvalue weighted by atomic mass is 10.1. The second-order valence-corrected chi connectivity index (χ2v) is 7.02. The van der Waals surface area contributed by atoms with Gasteiger partial charge >= 0.3 is 12.1 Å². The maximum Gasteiger partial charge on any atom is 0.417 e. The van der Waals surface area contributed by atoms with Gasteiger partial charge in [-0.3, -0.25) is 9.20 Å². The summed E-state index contributed by atoms with van der Waals surface area (Å²) in [4.78, 5) is 27.7. The Balaban J connectivity index is 1.80. The van der Waals surface area contributed by atoms with Crippen LogP contribution >= 0.6 is 0 Å². The molecule has 0 bridgehead atoms. The highest BCUT2D eigenvalue weighted by Crippen LogP contribution is 2.29. The van der Waals surface area contributed by atoms with E-state index in [0.29, 0.717) is 11.3 Å². The van der Waals surface area contributed by atoms with Crippen LogP contribution in [0.4, 0.5) is 13.2 Å². The monoisotopic (exact) mass is 423 g/mol. The van der Waals surface area contributed by atoms with Gasteiger partial charge in [0.2, 0.25) is 0 Å². The van der Waals surface area contributed by atoms with Gasteiger partial charge in [0.1, 0.15) is 5.69 Å². The van der Waals surface area contributed by atoms with E-state index in [2.05, 4.69) is 20.5 Å². The minimum absolute atomic E-state index is 0.129. The van der Waals surface area contributed by atoms with Crippen molar-refractivity contribution in [3.63, 3.8) is 0 Å². The lowest BCUT2D eigenvalue weighted by molar-refractivity contribution is -0.137. The van der Waals surface area contributed by atoms with E-state index in [4.69, 9.17) is 4.74 Å². The van der Waals surface area contributed by atoms with Gasteiger partial charge in [0.25, 0.3) is 5.91 Å². The lowest BCUT2D eigenvalue weighted by Crippen LogP contribution is -2.25. The van der Waals surface area contributed by atoms with Gasteiger partial charge in [-0.15, -0.1) is 10.2 Å². The zero-order valence-corrected chi connectivity index (χ0v) is 16.7. The molecule has 0 saturated heterocycles. The number of hydrogen-bond acceptors (Lipinski definition) is 5. The molecule has 0 spiro atoms. The number of rotatable bonds is 5. The second kappa shape index (κ2) is 7.81. The number of carbonyl (C=O) groups is 2. The quantitative estimate of drug-likeness (QED) is 0.614. The van der Waals surface area contributed by atoms with Crippen molar-refractivity contribution in [1.82, 2.24) is 24.9 Å². The number of fused-ring (bicyclic) bond motifs is 1. The summed E-state index contributed by atoms with van der Waals surface area (Å²) in [5, 5.41) is 10.2. The smallest absolute Gasteiger partial charge is 0.417 e. The van der Waals surface area contributed by atoms with Crippen LogP contribution in [-0.2, 0) is 17.5 Å². The Morgan fingerprint density at radius 3 is 2.57 bits per heavy atom. The highest BCUT2D eigenvalue weighted by molar-refractivity contribution is 6.00. The van der Waals surface area contributed by atoms with Gasteiger partial charge in [0.05, 0.1) is 23.8 Å². The summed E-state index contributed by atoms with van der Waals surface area (Å²) in [5.41, 5.74) is 0.696. The number of hydrogen-bond donors (Lipinski definition) is 2. The van der Waals surface area contributed by atoms with Crippen molar-refractivity contribution >= 4 is 17.5 Å². The van der Waals surface area contributed by atoms with Gasteiger partial charge in [-0.1, -0.05) is 0 Å². The first-order valence-electron chi connectivity index (χ1n) is 9.08. The Morgan fingerprint density at radius 1 is 1.23 bits per heavy atom. The summed E-state index contributed by atoms with van der Waals surface area (Å²) in [6.45, 7) is 6.53. The number of aryl methyl sites for hydroxylation is 1. The molecule has 1 amide bonds. The molecular weight excluding hydrogens is 403 g/mol. The number of halogens is 3. The van der Waals surface area contributed by atoms with Gasteiger partial charge in [-0.2, -0.15) is 13.2 Å². The summed E-state index contributed by atoms with van der Waals surface area (Å²) in [6.07, 6.45) is -3.95. The van der Waals surface area contributed by atoms with E-state index in [-0.39, 0.29) is 35.4 Å². The third-order valence-corrected chi connectivity index (χ3v) is 4.42. The predicted molar refractivity (Wildman–Crippen MR) is 100.0 cm³/mol. The van der Waals surface area contributed by atoms with E-state index in [1.165, 1.54) is 10.5 Å². The number of alkyl halides is 3. The molecular formula is C19H20F3N5O3. The molecule has 30 heavy (non-hydrogen) atoms. The lowest BCUT2D eigenvalue weighted by Gasteiger charge is -2.09. The molecule has 3 heterocycles. The third-order valence-electron chi connectivity index (χ3n) is 4.42. The minimum Gasteiger partial charge on any atom is -0.459 e. The molecule has 0 aliphatic heterocycles. The predicted octanol–water partition coefficient (Wildman–Crippen LogP) is 3.19. The van der Waals surface area contributed by atoms with Crippen LogP contribution in [-0.4, -0.2) is 37.6 Å². The molecule has 0 fully saturated rings. The molecule has 2 N–H and O–H groups in total. The van der Waals surface area contributed by atoms with Crippen LogP contribution in [0.2, 0.25) is 0 Å². The zero-order chi connectivity index (χ0) is 22.2. The van der Waals surface area contributed by atoms with Crippen LogP contribution in [0.5, 0.6) is 0 Å². The van der Waals surface area contributed by atoms with Crippen molar-refractivity contribution in [2.45, 2.75) is 46.5 Å². The summed E-state index contributed by atoms with van der Waals surface area (Å²) in [6, 6.07) is 2.11. The van der Waals surface area contributed by atoms with Crippen LogP contribution in [0.3, 0.4) is 0 Å². The third kappa shape index (κ3) is 4.14. The summed E-state index contributed by atoms with van der Waals surface area (Å²) in [7, 11) is 0. The van der Waals surface area contributed by atoms with Gasteiger partial charge in [0, 0.05) is 11.9 Å². The molecule has 0 aliphatic rings. The first kappa shape index (κ1) is 21.3. The highest BCUT2D eigenvalue weighted by atomic mass is 19.4. The van der Waals surface area contributed by atoms with Gasteiger partial charge in [-0.25, -0.2) is 4.79 Å². The highest BCUT2D eigenvalue weighted by Gasteiger charge is 2.31. The molecule has 160 valence electrons. The molecule has 0 radical (unpaired) electrons. The number of nitrogens with one attached hydrogen (secondary N) is 2. The molecule has 0 aliphatic carbocycles. The van der Waals surface area contributed by atoms with Crippen molar-refractivity contribution in [3.05, 3.63) is 52.2 Å². The van der Waals surface area contributed by atoms with Crippen molar-refractivity contribution in [3.8, 4) is 0 Å². The average Bonchev–Trinajstić information content (AvgIpc) is 3.18. The van der Waals surface area contributed by atoms with Crippen molar-refractivity contribution in [2.24, 2.45) is 0 Å². The van der Waals surface area contributed by atoms with Gasteiger partial charge < -0.3 is 15.0 Å². The van der Waals surface area contributed by atoms with Gasteiger partial charge in [0.15, 0.2) is 11.5 Å². The largest absolute Gasteiger partial charge is 0.459 e. The molecule has 3 aromatic heterocycles. The Bertz CT molecular complexity index is 1110. The van der Waals surface area contributed by atoms with Crippen molar-refractivity contribution in [2.75, 3.05) is 0 Å². The maximum atomic E-state index is 13.0. The van der Waals surface area contributed by atoms with E-state index in [1.807, 2.05) is 0 Å². The number of esters is 1. The molecule has 3 rings (SSSR count). The SMILES string of the molecule is Cc1[nH]c(C(=O)NCc2nnc3ccc(C(F)(F)F)cn23)c(C)c1C(=O)OC(C)C. The Labute approximate surface area is 169 Å². The number of amides is 1. The average molecular weight is 423 g/mol. The molecule has 0 unspecified atom stereocenters. The molecule has 3 aromatic rings. The first-order chi connectivity index (χ1) is 14.0. The van der Waals surface area contributed by atoms with Crippen molar-refractivity contribution < 1.29 is 27.5 Å². The Hall–Kier alpha value is -3.37. The van der Waals surface area contributed by atoms with E-state index in [9.17, 15) is 22.8 Å². The van der Waals surface area contributed by atoms with Crippen LogP contribution < -0.4 is 5.32 Å². The first-order valence-corrected chi connectivity index (χ1v) is 9.08. The number of pyridine rings is 1. The number of ether oxygens (including phenoxy) is 1. The number of carbonyl (C=O) groups excluding carboxylic acids is 2. The van der Waals surface area contributed by atoms with Crippen molar-refractivity contribution in [1.29, 1.82) is 0 Å². The molecule has 0 saturated carbocycles. The summed E-state index contributed by atoms with van der Waals surface area (Å²) < 4.78 is 45.2. The summed E-state index contributed by atoms with van der Waals surface area (Å²) >= 11 is 0. The Morgan fingerprint density at radius 2 is 1.93 bits per heavy atom. The van der Waals surface area contributed by atoms with E-state index in [1.54, 1.807) is 27.7 Å². The molecule has 0 atom stereocenters. The fourth-order valence-electron chi connectivity index (χ4n) is 3.03. The van der Waals surface area contributed by atoms with Crippen LogP contribution in [0, 0.1) is 13.8 Å². The van der Waals surface area contributed by atoms with E-state index < -0.39 is 23.6 Å². The number of aromatic nitrogens is 4. The minimum atomic E-state index is -4.52. The zero-order valence-electron chi connectivity index (χ0n) is 16.7. The van der Waals surface area contributed by atoms with E-state index >= 15 is 0 Å². The Kier molecular flexibility index (Phi) is 5.55. The molecule has 8 nitrogen and oxygen atoms in total. The van der Waals surface area contributed by atoms with Crippen LogP contribution in [0.15, 0.2) is 18.3 Å². The molecule has 11 heteroatoms. The number of H-pyrrole nitrogens is 1. The number of nitrogens with zero attached hydrogens (tertiary/aromatic N) is 3. The van der Waals surface area contributed by atoms with Gasteiger partial charge in [-0.05, 0) is 45.4 Å².